The Morgan fingerprint density at radius 1 is 1.15 bits per heavy atom. The van der Waals surface area contributed by atoms with Crippen molar-refractivity contribution in [3.8, 4) is 11.5 Å². The summed E-state index contributed by atoms with van der Waals surface area (Å²) >= 11 is 7.01. The van der Waals surface area contributed by atoms with Crippen LogP contribution in [0.15, 0.2) is 45.3 Å². The molecule has 0 amide bonds. The van der Waals surface area contributed by atoms with Crippen molar-refractivity contribution in [2.24, 2.45) is 0 Å². The van der Waals surface area contributed by atoms with E-state index in [1.807, 2.05) is 19.1 Å². The summed E-state index contributed by atoms with van der Waals surface area (Å²) in [6.07, 6.45) is 2.09. The molecule has 2 N–H and O–H groups in total. The highest BCUT2D eigenvalue weighted by molar-refractivity contribution is 9.13. The van der Waals surface area contributed by atoms with Gasteiger partial charge in [0.05, 0.1) is 17.9 Å². The van der Waals surface area contributed by atoms with Gasteiger partial charge in [0.2, 0.25) is 0 Å². The molecule has 0 unspecified atom stereocenters. The molecule has 3 nitrogen and oxygen atoms in total. The molecule has 0 spiro atoms. The molecular weight excluding hydrogens is 458 g/mol. The third kappa shape index (κ3) is 2.65. The second-order valence-electron chi connectivity index (χ2n) is 6.31. The zero-order chi connectivity index (χ0) is 18.4. The van der Waals surface area contributed by atoms with Gasteiger partial charge in [0, 0.05) is 14.5 Å². The maximum Gasteiger partial charge on any atom is 0.168 e. The van der Waals surface area contributed by atoms with Gasteiger partial charge >= 0.3 is 0 Å². The summed E-state index contributed by atoms with van der Waals surface area (Å²) in [5, 5.41) is 21.9. The van der Waals surface area contributed by atoms with Gasteiger partial charge in [-0.2, -0.15) is 0 Å². The van der Waals surface area contributed by atoms with Gasteiger partial charge in [-0.1, -0.05) is 30.3 Å². The number of rotatable bonds is 4. The molecule has 0 atom stereocenters. The average Bonchev–Trinajstić information content (AvgIpc) is 3.05. The summed E-state index contributed by atoms with van der Waals surface area (Å²) < 4.78 is 6.92. The van der Waals surface area contributed by atoms with Crippen LogP contribution in [0.25, 0.3) is 10.8 Å². The number of halogens is 2. The van der Waals surface area contributed by atoms with Crippen LogP contribution < -0.4 is 4.74 Å². The number of phenols is 1. The van der Waals surface area contributed by atoms with E-state index in [0.717, 1.165) is 28.3 Å². The summed E-state index contributed by atoms with van der Waals surface area (Å²) in [6, 6.07) is 12.1. The Morgan fingerprint density at radius 3 is 2.62 bits per heavy atom. The highest BCUT2D eigenvalue weighted by Gasteiger charge is 2.23. The van der Waals surface area contributed by atoms with Crippen LogP contribution in [-0.2, 0) is 12.8 Å². The number of nitrogens with one attached hydrogen (secondary N) is 1. The quantitative estimate of drug-likeness (QED) is 0.456. The van der Waals surface area contributed by atoms with E-state index in [9.17, 15) is 5.11 Å². The van der Waals surface area contributed by atoms with E-state index in [1.54, 1.807) is 6.07 Å². The number of hydrogen-bond acceptors (Lipinski definition) is 3. The predicted octanol–water partition coefficient (Wildman–Crippen LogP) is 5.98. The van der Waals surface area contributed by atoms with Gasteiger partial charge in [-0.25, -0.2) is 0 Å². The first-order chi connectivity index (χ1) is 12.5. The Hall–Kier alpha value is -1.85. The smallest absolute Gasteiger partial charge is 0.168 e. The Morgan fingerprint density at radius 2 is 1.88 bits per heavy atom. The van der Waals surface area contributed by atoms with Crippen LogP contribution in [-0.4, -0.2) is 17.4 Å². The van der Waals surface area contributed by atoms with E-state index >= 15 is 0 Å². The number of aryl methyl sites for hydroxylation is 2. The van der Waals surface area contributed by atoms with Crippen LogP contribution in [0.4, 0.5) is 0 Å². The lowest BCUT2D eigenvalue weighted by Crippen LogP contribution is -2.06. The van der Waals surface area contributed by atoms with Gasteiger partial charge in [-0.15, -0.1) is 0 Å². The SMILES string of the molecule is CCOc1cc(Br)c(Br)c(C(=N)c2ccc3c4c(cccc24)CC3)c1O. The molecule has 5 heteroatoms. The average molecular weight is 475 g/mol. The van der Waals surface area contributed by atoms with Crippen LogP contribution in [0.2, 0.25) is 0 Å². The fourth-order valence-electron chi connectivity index (χ4n) is 3.69. The van der Waals surface area contributed by atoms with Crippen molar-refractivity contribution in [2.75, 3.05) is 6.61 Å². The summed E-state index contributed by atoms with van der Waals surface area (Å²) in [6.45, 7) is 2.30. The molecular formula is C21H17Br2NO2. The number of hydrogen-bond donors (Lipinski definition) is 2. The molecule has 132 valence electrons. The summed E-state index contributed by atoms with van der Waals surface area (Å²) in [5.41, 5.74) is 4.18. The Bertz CT molecular complexity index is 1050. The summed E-state index contributed by atoms with van der Waals surface area (Å²) in [4.78, 5) is 0. The molecule has 4 rings (SSSR count). The number of phenolic OH excluding ortho intramolecular Hbond substituents is 1. The van der Waals surface area contributed by atoms with Crippen LogP contribution in [0.3, 0.4) is 0 Å². The van der Waals surface area contributed by atoms with Gasteiger partial charge in [0.15, 0.2) is 11.5 Å². The number of benzene rings is 3. The molecule has 26 heavy (non-hydrogen) atoms. The fraction of sp³-hybridized carbons (Fsp3) is 0.190. The fourth-order valence-corrected chi connectivity index (χ4v) is 4.59. The predicted molar refractivity (Wildman–Crippen MR) is 112 cm³/mol. The first kappa shape index (κ1) is 17.6. The van der Waals surface area contributed by atoms with E-state index in [-0.39, 0.29) is 11.5 Å². The summed E-state index contributed by atoms with van der Waals surface area (Å²) in [5.74, 6) is 0.350. The van der Waals surface area contributed by atoms with Crippen molar-refractivity contribution in [1.29, 1.82) is 5.41 Å². The van der Waals surface area contributed by atoms with Crippen LogP contribution >= 0.6 is 31.9 Å². The molecule has 0 aliphatic heterocycles. The highest BCUT2D eigenvalue weighted by Crippen LogP contribution is 2.43. The minimum absolute atomic E-state index is 0.0184. The van der Waals surface area contributed by atoms with Crippen LogP contribution in [0.5, 0.6) is 11.5 Å². The molecule has 0 saturated heterocycles. The number of ether oxygens (including phenoxy) is 1. The zero-order valence-corrected chi connectivity index (χ0v) is 17.4. The third-order valence-electron chi connectivity index (χ3n) is 4.85. The van der Waals surface area contributed by atoms with Gasteiger partial charge in [0.1, 0.15) is 0 Å². The van der Waals surface area contributed by atoms with Crippen molar-refractivity contribution in [2.45, 2.75) is 19.8 Å². The molecule has 0 saturated carbocycles. The maximum absolute atomic E-state index is 10.7. The Kier molecular flexibility index (Phi) is 4.53. The normalized spacial score (nSPS) is 12.6. The molecule has 0 fully saturated rings. The van der Waals surface area contributed by atoms with E-state index < -0.39 is 0 Å². The Balaban J connectivity index is 1.94. The highest BCUT2D eigenvalue weighted by atomic mass is 79.9. The van der Waals surface area contributed by atoms with Crippen molar-refractivity contribution in [3.63, 3.8) is 0 Å². The lowest BCUT2D eigenvalue weighted by molar-refractivity contribution is 0.317. The first-order valence-electron chi connectivity index (χ1n) is 8.49. The molecule has 3 aromatic carbocycles. The first-order valence-corrected chi connectivity index (χ1v) is 10.1. The van der Waals surface area contributed by atoms with Gasteiger partial charge < -0.3 is 9.84 Å². The molecule has 0 radical (unpaired) electrons. The van der Waals surface area contributed by atoms with Gasteiger partial charge in [0.25, 0.3) is 0 Å². The molecule has 0 heterocycles. The zero-order valence-electron chi connectivity index (χ0n) is 14.2. The second kappa shape index (κ2) is 6.71. The minimum Gasteiger partial charge on any atom is -0.504 e. The molecule has 0 aromatic heterocycles. The molecule has 0 bridgehead atoms. The van der Waals surface area contributed by atoms with E-state index in [4.69, 9.17) is 10.1 Å². The summed E-state index contributed by atoms with van der Waals surface area (Å²) in [7, 11) is 0. The van der Waals surface area contributed by atoms with Crippen LogP contribution in [0, 0.1) is 5.41 Å². The minimum atomic E-state index is -0.0184. The lowest BCUT2D eigenvalue weighted by Gasteiger charge is -2.16. The Labute approximate surface area is 168 Å². The molecule has 3 aromatic rings. The molecule has 1 aliphatic carbocycles. The van der Waals surface area contributed by atoms with E-state index in [2.05, 4.69) is 50.1 Å². The van der Waals surface area contributed by atoms with Crippen molar-refractivity contribution >= 4 is 48.3 Å². The second-order valence-corrected chi connectivity index (χ2v) is 7.96. The van der Waals surface area contributed by atoms with Gasteiger partial charge in [-0.05, 0) is 79.6 Å². The third-order valence-corrected chi connectivity index (χ3v) is 6.83. The van der Waals surface area contributed by atoms with Crippen molar-refractivity contribution < 1.29 is 9.84 Å². The lowest BCUT2D eigenvalue weighted by atomic mass is 9.93. The van der Waals surface area contributed by atoms with Crippen molar-refractivity contribution in [1.82, 2.24) is 0 Å². The topological polar surface area (TPSA) is 53.3 Å². The monoisotopic (exact) mass is 473 g/mol. The van der Waals surface area contributed by atoms with Gasteiger partial charge in [-0.3, -0.25) is 5.41 Å². The standard InChI is InChI=1S/C21H17Br2NO2/c1-2-26-16-10-15(22)19(23)18(21(16)25)20(24)14-9-8-12-7-6-11-4-3-5-13(14)17(11)12/h3-5,8-10,24-25H,2,6-7H2,1H3. The molecule has 1 aliphatic rings. The van der Waals surface area contributed by atoms with Crippen molar-refractivity contribution in [3.05, 3.63) is 67.6 Å². The largest absolute Gasteiger partial charge is 0.504 e. The van der Waals surface area contributed by atoms with E-state index in [0.29, 0.717) is 22.4 Å². The van der Waals surface area contributed by atoms with E-state index in [1.165, 1.54) is 16.5 Å². The van der Waals surface area contributed by atoms with Crippen LogP contribution in [0.1, 0.15) is 29.2 Å². The number of aromatic hydroxyl groups is 1. The maximum atomic E-state index is 10.7.